The average molecular weight is 346 g/mol. The fourth-order valence-electron chi connectivity index (χ4n) is 2.42. The normalized spacial score (nSPS) is 19.5. The Labute approximate surface area is 136 Å². The second-order valence-corrected chi connectivity index (χ2v) is 7.84. The quantitative estimate of drug-likeness (QED) is 0.872. The van der Waals surface area contributed by atoms with Gasteiger partial charge in [0.05, 0.1) is 18.8 Å². The van der Waals surface area contributed by atoms with Gasteiger partial charge in [-0.15, -0.1) is 0 Å². The highest BCUT2D eigenvalue weighted by Gasteiger charge is 2.30. The van der Waals surface area contributed by atoms with Gasteiger partial charge in [-0.3, -0.25) is 4.79 Å². The van der Waals surface area contributed by atoms with E-state index < -0.39 is 10.0 Å². The summed E-state index contributed by atoms with van der Waals surface area (Å²) >= 11 is 6.23. The lowest BCUT2D eigenvalue weighted by Gasteiger charge is -2.37. The van der Waals surface area contributed by atoms with E-state index in [0.29, 0.717) is 24.7 Å². The number of benzene rings is 1. The first-order valence-corrected chi connectivity index (χ1v) is 9.19. The van der Waals surface area contributed by atoms with Gasteiger partial charge in [0, 0.05) is 31.7 Å². The highest BCUT2D eigenvalue weighted by atomic mass is 35.5. The van der Waals surface area contributed by atoms with E-state index in [1.54, 1.807) is 11.0 Å². The van der Waals surface area contributed by atoms with Crippen LogP contribution < -0.4 is 5.32 Å². The van der Waals surface area contributed by atoms with Crippen molar-refractivity contribution in [1.82, 2.24) is 14.5 Å². The lowest BCUT2D eigenvalue weighted by atomic mass is 10.0. The van der Waals surface area contributed by atoms with Crippen LogP contribution in [0.2, 0.25) is 5.02 Å². The van der Waals surface area contributed by atoms with Crippen molar-refractivity contribution < 1.29 is 13.2 Å². The van der Waals surface area contributed by atoms with Crippen molar-refractivity contribution in [3.05, 3.63) is 34.9 Å². The van der Waals surface area contributed by atoms with Gasteiger partial charge in [-0.05, 0) is 11.6 Å². The molecule has 0 spiro atoms. The fraction of sp³-hybridized carbons (Fsp3) is 0.500. The number of hydrogen-bond donors (Lipinski definition) is 1. The molecule has 0 aromatic heterocycles. The van der Waals surface area contributed by atoms with Crippen LogP contribution in [0.15, 0.2) is 24.3 Å². The first-order chi connectivity index (χ1) is 10.3. The van der Waals surface area contributed by atoms with Crippen molar-refractivity contribution in [2.45, 2.75) is 6.04 Å². The zero-order valence-electron chi connectivity index (χ0n) is 12.6. The first-order valence-electron chi connectivity index (χ1n) is 6.96. The third kappa shape index (κ3) is 3.98. The summed E-state index contributed by atoms with van der Waals surface area (Å²) < 4.78 is 24.0. The van der Waals surface area contributed by atoms with Gasteiger partial charge in [0.1, 0.15) is 0 Å². The third-order valence-electron chi connectivity index (χ3n) is 3.75. The number of piperazine rings is 1. The molecular weight excluding hydrogens is 326 g/mol. The number of halogens is 1. The van der Waals surface area contributed by atoms with Crippen molar-refractivity contribution in [3.8, 4) is 0 Å². The summed E-state index contributed by atoms with van der Waals surface area (Å²) in [4.78, 5) is 14.2. The van der Waals surface area contributed by atoms with Crippen LogP contribution >= 0.6 is 11.6 Å². The average Bonchev–Trinajstić information content (AvgIpc) is 2.46. The lowest BCUT2D eigenvalue weighted by Crippen LogP contribution is -2.51. The summed E-state index contributed by atoms with van der Waals surface area (Å²) in [5, 5.41) is 3.85. The van der Waals surface area contributed by atoms with Crippen LogP contribution in [0.4, 0.5) is 0 Å². The molecule has 0 radical (unpaired) electrons. The van der Waals surface area contributed by atoms with E-state index in [4.69, 9.17) is 11.6 Å². The van der Waals surface area contributed by atoms with E-state index >= 15 is 0 Å². The Morgan fingerprint density at radius 1 is 1.45 bits per heavy atom. The van der Waals surface area contributed by atoms with E-state index in [1.807, 2.05) is 18.2 Å². The number of nitrogens with zero attached hydrogens (tertiary/aromatic N) is 2. The van der Waals surface area contributed by atoms with Crippen molar-refractivity contribution in [1.29, 1.82) is 0 Å². The number of nitrogens with one attached hydrogen (secondary N) is 1. The summed E-state index contributed by atoms with van der Waals surface area (Å²) in [6, 6.07) is 7.20. The molecule has 0 saturated carbocycles. The van der Waals surface area contributed by atoms with Crippen molar-refractivity contribution in [2.75, 3.05) is 39.5 Å². The Bertz CT molecular complexity index is 650. The molecule has 8 heteroatoms. The van der Waals surface area contributed by atoms with Gasteiger partial charge in [-0.1, -0.05) is 29.8 Å². The molecule has 22 heavy (non-hydrogen) atoms. The predicted molar refractivity (Wildman–Crippen MR) is 86.2 cm³/mol. The SMILES string of the molecule is CN(CC(=O)N1CCNCC1c1ccccc1Cl)S(C)(=O)=O. The molecule has 1 aliphatic rings. The molecule has 1 aromatic rings. The predicted octanol–water partition coefficient (Wildman–Crippen LogP) is 0.704. The number of sulfonamides is 1. The largest absolute Gasteiger partial charge is 0.332 e. The first kappa shape index (κ1) is 17.2. The fourth-order valence-corrected chi connectivity index (χ4v) is 3.03. The topological polar surface area (TPSA) is 69.7 Å². The van der Waals surface area contributed by atoms with Crippen LogP contribution in [0, 0.1) is 0 Å². The summed E-state index contributed by atoms with van der Waals surface area (Å²) in [5.74, 6) is -0.223. The Morgan fingerprint density at radius 3 is 2.77 bits per heavy atom. The van der Waals surface area contributed by atoms with Crippen molar-refractivity contribution in [3.63, 3.8) is 0 Å². The Morgan fingerprint density at radius 2 is 2.14 bits per heavy atom. The van der Waals surface area contributed by atoms with Gasteiger partial charge >= 0.3 is 0 Å². The molecule has 1 unspecified atom stereocenters. The molecule has 6 nitrogen and oxygen atoms in total. The van der Waals surface area contributed by atoms with Crippen molar-refractivity contribution in [2.24, 2.45) is 0 Å². The summed E-state index contributed by atoms with van der Waals surface area (Å²) in [6.07, 6.45) is 1.09. The standard InChI is InChI=1S/C14H20ClN3O3S/c1-17(22(2,20)21)10-14(19)18-8-7-16-9-13(18)11-5-3-4-6-12(11)15/h3-6,13,16H,7-10H2,1-2H3. The molecule has 122 valence electrons. The van der Waals surface area contributed by atoms with Gasteiger partial charge in [-0.2, -0.15) is 4.31 Å². The van der Waals surface area contributed by atoms with Crippen LogP contribution in [-0.4, -0.2) is 63.0 Å². The molecule has 1 atom stereocenters. The summed E-state index contributed by atoms with van der Waals surface area (Å²) in [5.41, 5.74) is 0.867. The molecule has 1 aliphatic heterocycles. The van der Waals surface area contributed by atoms with Gasteiger partial charge in [0.25, 0.3) is 0 Å². The molecule has 1 aromatic carbocycles. The maximum atomic E-state index is 12.5. The molecular formula is C14H20ClN3O3S. The molecule has 1 heterocycles. The Hall–Kier alpha value is -1.15. The molecule has 1 saturated heterocycles. The van der Waals surface area contributed by atoms with Gasteiger partial charge in [0.2, 0.25) is 15.9 Å². The van der Waals surface area contributed by atoms with E-state index in [1.165, 1.54) is 7.05 Å². The number of likely N-dealkylation sites (N-methyl/N-ethyl adjacent to an activating group) is 1. The number of amides is 1. The molecule has 1 N–H and O–H groups in total. The minimum Gasteiger partial charge on any atom is -0.332 e. The van der Waals surface area contributed by atoms with Crippen LogP contribution in [0.25, 0.3) is 0 Å². The highest BCUT2D eigenvalue weighted by Crippen LogP contribution is 2.28. The molecule has 1 amide bonds. The second kappa shape index (κ2) is 6.95. The van der Waals surface area contributed by atoms with E-state index in [-0.39, 0.29) is 18.5 Å². The van der Waals surface area contributed by atoms with Gasteiger partial charge in [0.15, 0.2) is 0 Å². The third-order valence-corrected chi connectivity index (χ3v) is 5.36. The Balaban J connectivity index is 2.20. The second-order valence-electron chi connectivity index (χ2n) is 5.35. The van der Waals surface area contributed by atoms with Gasteiger partial charge in [-0.25, -0.2) is 8.42 Å². The monoisotopic (exact) mass is 345 g/mol. The Kier molecular flexibility index (Phi) is 5.44. The van der Waals surface area contributed by atoms with Crippen LogP contribution in [0.3, 0.4) is 0 Å². The maximum Gasteiger partial charge on any atom is 0.238 e. The summed E-state index contributed by atoms with van der Waals surface area (Å²) in [7, 11) is -1.98. The highest BCUT2D eigenvalue weighted by molar-refractivity contribution is 7.88. The summed E-state index contributed by atoms with van der Waals surface area (Å²) in [6.45, 7) is 1.62. The van der Waals surface area contributed by atoms with Crippen LogP contribution in [0.1, 0.15) is 11.6 Å². The van der Waals surface area contributed by atoms with Crippen molar-refractivity contribution >= 4 is 27.5 Å². The number of hydrogen-bond acceptors (Lipinski definition) is 4. The van der Waals surface area contributed by atoms with Crippen LogP contribution in [0.5, 0.6) is 0 Å². The number of carbonyl (C=O) groups is 1. The zero-order valence-corrected chi connectivity index (χ0v) is 14.2. The van der Waals surface area contributed by atoms with E-state index in [9.17, 15) is 13.2 Å². The smallest absolute Gasteiger partial charge is 0.238 e. The van der Waals surface area contributed by atoms with E-state index in [0.717, 1.165) is 16.1 Å². The number of carbonyl (C=O) groups excluding carboxylic acids is 1. The van der Waals surface area contributed by atoms with Crippen LogP contribution in [-0.2, 0) is 14.8 Å². The molecule has 2 rings (SSSR count). The zero-order chi connectivity index (χ0) is 16.3. The van der Waals surface area contributed by atoms with Gasteiger partial charge < -0.3 is 10.2 Å². The maximum absolute atomic E-state index is 12.5. The number of rotatable bonds is 4. The minimum atomic E-state index is -3.38. The molecule has 0 bridgehead atoms. The van der Waals surface area contributed by atoms with E-state index in [2.05, 4.69) is 5.32 Å². The lowest BCUT2D eigenvalue weighted by molar-refractivity contribution is -0.134. The molecule has 1 fully saturated rings. The molecule has 0 aliphatic carbocycles. The minimum absolute atomic E-state index is 0.167.